The lowest BCUT2D eigenvalue weighted by molar-refractivity contribution is 0.390. The molecule has 0 unspecified atom stereocenters. The number of ether oxygens (including phenoxy) is 1. The maximum Gasteiger partial charge on any atom is 0.123 e. The molecule has 0 amide bonds. The van der Waals surface area contributed by atoms with Crippen LogP contribution in [0.25, 0.3) is 0 Å². The van der Waals surface area contributed by atoms with Crippen molar-refractivity contribution in [3.8, 4) is 5.75 Å². The largest absolute Gasteiger partial charge is 0.497 e. The van der Waals surface area contributed by atoms with Crippen molar-refractivity contribution in [2.75, 3.05) is 19.4 Å². The van der Waals surface area contributed by atoms with Crippen molar-refractivity contribution < 1.29 is 9.13 Å². The minimum Gasteiger partial charge on any atom is -0.497 e. The van der Waals surface area contributed by atoms with Gasteiger partial charge in [0, 0.05) is 13.1 Å². The molecule has 2 aromatic rings. The van der Waals surface area contributed by atoms with E-state index in [1.54, 1.807) is 7.11 Å². The van der Waals surface area contributed by atoms with Crippen LogP contribution in [-0.2, 0) is 13.0 Å². The number of nitrogens with zero attached hydrogens (tertiary/aromatic N) is 1. The van der Waals surface area contributed by atoms with Crippen LogP contribution in [-0.4, -0.2) is 24.3 Å². The topological polar surface area (TPSA) is 12.5 Å². The fraction of sp³-hybridized carbons (Fsp3) is 0.273. The van der Waals surface area contributed by atoms with Crippen LogP contribution in [0.5, 0.6) is 5.75 Å². The molecule has 0 aromatic heterocycles. The average Bonchev–Trinajstić information content (AvgIpc) is 2.68. The summed E-state index contributed by atoms with van der Waals surface area (Å²) in [6.07, 6.45) is 8.55. The first-order chi connectivity index (χ1) is 12.7. The maximum absolute atomic E-state index is 13.0. The Kier molecular flexibility index (Phi) is 6.78. The van der Waals surface area contributed by atoms with Gasteiger partial charge in [0.1, 0.15) is 11.6 Å². The summed E-state index contributed by atoms with van der Waals surface area (Å²) < 4.78 is 18.3. The van der Waals surface area contributed by atoms with Crippen molar-refractivity contribution in [2.45, 2.75) is 19.4 Å². The lowest BCUT2D eigenvalue weighted by atomic mass is 10.1. The van der Waals surface area contributed by atoms with Crippen molar-refractivity contribution in [1.82, 2.24) is 4.90 Å². The highest BCUT2D eigenvalue weighted by Crippen LogP contribution is 2.27. The Morgan fingerprint density at radius 3 is 2.77 bits per heavy atom. The van der Waals surface area contributed by atoms with Gasteiger partial charge in [-0.2, -0.15) is 0 Å². The predicted molar refractivity (Wildman–Crippen MR) is 108 cm³/mol. The van der Waals surface area contributed by atoms with E-state index in [2.05, 4.69) is 35.3 Å². The molecule has 4 heteroatoms. The molecule has 1 heterocycles. The molecular formula is C22H24FNOS. The van der Waals surface area contributed by atoms with Gasteiger partial charge in [0.25, 0.3) is 0 Å². The van der Waals surface area contributed by atoms with Crippen LogP contribution in [0.2, 0.25) is 0 Å². The highest BCUT2D eigenvalue weighted by atomic mass is 32.2. The first-order valence-electron chi connectivity index (χ1n) is 8.86. The van der Waals surface area contributed by atoms with Crippen LogP contribution in [0.1, 0.15) is 17.5 Å². The van der Waals surface area contributed by atoms with Gasteiger partial charge in [0.2, 0.25) is 0 Å². The molecule has 0 atom stereocenters. The Morgan fingerprint density at radius 1 is 1.12 bits per heavy atom. The number of rotatable bonds is 8. The minimum atomic E-state index is -0.171. The summed E-state index contributed by atoms with van der Waals surface area (Å²) >= 11 is 1.89. The number of thioether (sulfide) groups is 1. The van der Waals surface area contributed by atoms with Gasteiger partial charge in [-0.3, -0.25) is 0 Å². The summed E-state index contributed by atoms with van der Waals surface area (Å²) in [5.74, 6) is 1.77. The maximum atomic E-state index is 13.0. The van der Waals surface area contributed by atoms with Gasteiger partial charge in [-0.25, -0.2) is 4.39 Å². The van der Waals surface area contributed by atoms with Gasteiger partial charge < -0.3 is 9.64 Å². The van der Waals surface area contributed by atoms with E-state index in [9.17, 15) is 4.39 Å². The quantitative estimate of drug-likeness (QED) is 0.577. The van der Waals surface area contributed by atoms with Gasteiger partial charge in [0.05, 0.1) is 12.1 Å². The van der Waals surface area contributed by atoms with Crippen LogP contribution in [0, 0.1) is 5.82 Å². The zero-order valence-electron chi connectivity index (χ0n) is 15.0. The molecule has 26 heavy (non-hydrogen) atoms. The summed E-state index contributed by atoms with van der Waals surface area (Å²) in [6, 6.07) is 15.1. The molecule has 2 nitrogen and oxygen atoms in total. The zero-order valence-corrected chi connectivity index (χ0v) is 15.8. The van der Waals surface area contributed by atoms with E-state index in [1.807, 2.05) is 36.0 Å². The van der Waals surface area contributed by atoms with E-state index >= 15 is 0 Å². The molecule has 0 fully saturated rings. The lowest BCUT2D eigenvalue weighted by Crippen LogP contribution is -2.23. The molecule has 0 saturated heterocycles. The van der Waals surface area contributed by atoms with Crippen LogP contribution in [0.4, 0.5) is 4.39 Å². The Morgan fingerprint density at radius 2 is 1.96 bits per heavy atom. The van der Waals surface area contributed by atoms with Crippen molar-refractivity contribution in [1.29, 1.82) is 0 Å². The number of halogens is 1. The summed E-state index contributed by atoms with van der Waals surface area (Å²) in [4.78, 5) is 2.39. The molecule has 0 saturated carbocycles. The normalized spacial score (nSPS) is 13.6. The van der Waals surface area contributed by atoms with Gasteiger partial charge in [-0.05, 0) is 60.1 Å². The highest BCUT2D eigenvalue weighted by molar-refractivity contribution is 8.03. The van der Waals surface area contributed by atoms with Gasteiger partial charge >= 0.3 is 0 Å². The molecule has 1 aliphatic heterocycles. The van der Waals surface area contributed by atoms with E-state index in [0.717, 1.165) is 37.4 Å². The first kappa shape index (κ1) is 18.6. The Bertz CT molecular complexity index is 770. The molecule has 136 valence electrons. The number of methoxy groups -OCH3 is 1. The smallest absolute Gasteiger partial charge is 0.123 e. The number of allylic oxidation sites excluding steroid dienone is 2. The molecule has 0 spiro atoms. The second-order valence-electron chi connectivity index (χ2n) is 6.24. The number of hydrogen-bond donors (Lipinski definition) is 0. The molecule has 2 aromatic carbocycles. The molecule has 1 aliphatic rings. The van der Waals surface area contributed by atoms with Crippen molar-refractivity contribution in [3.05, 3.63) is 88.7 Å². The second kappa shape index (κ2) is 9.48. The number of hydrogen-bond acceptors (Lipinski definition) is 3. The average molecular weight is 370 g/mol. The fourth-order valence-corrected chi connectivity index (χ4v) is 3.91. The molecule has 0 radical (unpaired) electrons. The summed E-state index contributed by atoms with van der Waals surface area (Å²) in [5.41, 5.74) is 2.44. The van der Waals surface area contributed by atoms with Crippen molar-refractivity contribution in [2.24, 2.45) is 0 Å². The third kappa shape index (κ3) is 5.40. The summed E-state index contributed by atoms with van der Waals surface area (Å²) in [7, 11) is 1.70. The monoisotopic (exact) mass is 369 g/mol. The standard InChI is InChI=1S/C22H24FNOS/c1-25-21-8-4-6-19(16-21)17-24-14-3-2-9-22(24)26-15-5-7-18-10-12-20(23)13-11-18/h2-4,6,8-13,16H,5,7,14-15,17H2,1H3. The fourth-order valence-electron chi connectivity index (χ4n) is 2.91. The van der Waals surface area contributed by atoms with E-state index in [0.29, 0.717) is 0 Å². The van der Waals surface area contributed by atoms with Gasteiger partial charge in [-0.15, -0.1) is 11.8 Å². The van der Waals surface area contributed by atoms with E-state index in [-0.39, 0.29) is 5.82 Å². The lowest BCUT2D eigenvalue weighted by Gasteiger charge is -2.28. The third-order valence-electron chi connectivity index (χ3n) is 4.29. The predicted octanol–water partition coefficient (Wildman–Crippen LogP) is 5.41. The summed E-state index contributed by atoms with van der Waals surface area (Å²) in [5, 5.41) is 1.30. The molecule has 0 aliphatic carbocycles. The van der Waals surface area contributed by atoms with Crippen LogP contribution >= 0.6 is 11.8 Å². The summed E-state index contributed by atoms with van der Waals surface area (Å²) in [6.45, 7) is 1.80. The van der Waals surface area contributed by atoms with E-state index in [1.165, 1.54) is 28.3 Å². The van der Waals surface area contributed by atoms with Crippen molar-refractivity contribution in [3.63, 3.8) is 0 Å². The van der Waals surface area contributed by atoms with Crippen molar-refractivity contribution >= 4 is 11.8 Å². The second-order valence-corrected chi connectivity index (χ2v) is 7.36. The Hall–Kier alpha value is -2.20. The Labute approximate surface area is 159 Å². The van der Waals surface area contributed by atoms with Crippen LogP contribution in [0.15, 0.2) is 71.8 Å². The highest BCUT2D eigenvalue weighted by Gasteiger charge is 2.12. The van der Waals surface area contributed by atoms with Crippen LogP contribution < -0.4 is 4.74 Å². The SMILES string of the molecule is COc1cccc(CN2CC=CC=C2SCCCc2ccc(F)cc2)c1. The van der Waals surface area contributed by atoms with E-state index in [4.69, 9.17) is 4.74 Å². The molecule has 0 N–H and O–H groups in total. The number of benzene rings is 2. The molecule has 0 bridgehead atoms. The molecular weight excluding hydrogens is 345 g/mol. The van der Waals surface area contributed by atoms with Gasteiger partial charge in [-0.1, -0.05) is 36.4 Å². The first-order valence-corrected chi connectivity index (χ1v) is 9.85. The van der Waals surface area contributed by atoms with E-state index < -0.39 is 0 Å². The minimum absolute atomic E-state index is 0.171. The number of aryl methyl sites for hydroxylation is 1. The van der Waals surface area contributed by atoms with Crippen LogP contribution in [0.3, 0.4) is 0 Å². The zero-order chi connectivity index (χ0) is 18.2. The van der Waals surface area contributed by atoms with Gasteiger partial charge in [0.15, 0.2) is 0 Å². The Balaban J connectivity index is 1.51. The third-order valence-corrected chi connectivity index (χ3v) is 5.48. The molecule has 3 rings (SSSR count).